The fourth-order valence-electron chi connectivity index (χ4n) is 2.61. The first-order valence-electron chi connectivity index (χ1n) is 6.49. The Morgan fingerprint density at radius 2 is 1.94 bits per heavy atom. The topological polar surface area (TPSA) is 52.6 Å². The van der Waals surface area contributed by atoms with Crippen molar-refractivity contribution in [3.05, 3.63) is 0 Å². The first-order chi connectivity index (χ1) is 8.08. The highest BCUT2D eigenvalue weighted by Gasteiger charge is 2.32. The van der Waals surface area contributed by atoms with Crippen molar-refractivity contribution < 1.29 is 8.42 Å². The zero-order valence-corrected chi connectivity index (χ0v) is 11.4. The average molecular weight is 261 g/mol. The monoisotopic (exact) mass is 261 g/mol. The molecule has 2 aliphatic rings. The van der Waals surface area contributed by atoms with Gasteiger partial charge in [-0.1, -0.05) is 6.92 Å². The fourth-order valence-corrected chi connectivity index (χ4v) is 4.54. The molecular weight excluding hydrogens is 238 g/mol. The molecule has 1 unspecified atom stereocenters. The van der Waals surface area contributed by atoms with Gasteiger partial charge in [0.2, 0.25) is 10.0 Å². The molecule has 0 amide bonds. The van der Waals surface area contributed by atoms with Crippen LogP contribution >= 0.6 is 0 Å². The van der Waals surface area contributed by atoms with E-state index in [4.69, 9.17) is 0 Å². The van der Waals surface area contributed by atoms with Gasteiger partial charge in [-0.2, -0.15) is 0 Å². The highest BCUT2D eigenvalue weighted by Crippen LogP contribution is 2.18. The van der Waals surface area contributed by atoms with Gasteiger partial charge in [-0.3, -0.25) is 0 Å². The van der Waals surface area contributed by atoms with E-state index in [0.717, 1.165) is 39.1 Å². The minimum absolute atomic E-state index is 0.291. The summed E-state index contributed by atoms with van der Waals surface area (Å²) >= 11 is 0. The molecular formula is C11H23N3O2S. The van der Waals surface area contributed by atoms with E-state index in [1.165, 1.54) is 0 Å². The second-order valence-corrected chi connectivity index (χ2v) is 7.20. The van der Waals surface area contributed by atoms with Crippen molar-refractivity contribution in [3.8, 4) is 0 Å². The lowest BCUT2D eigenvalue weighted by molar-refractivity contribution is 0.231. The van der Waals surface area contributed by atoms with Crippen molar-refractivity contribution in [2.24, 2.45) is 5.92 Å². The normalized spacial score (nSPS) is 30.8. The van der Waals surface area contributed by atoms with Crippen LogP contribution in [0.1, 0.15) is 13.3 Å². The molecule has 1 N–H and O–H groups in total. The molecule has 0 aromatic carbocycles. The Balaban J connectivity index is 1.71. The average Bonchev–Trinajstić information content (AvgIpc) is 2.53. The summed E-state index contributed by atoms with van der Waals surface area (Å²) in [6.07, 6.45) is 0.950. The smallest absolute Gasteiger partial charge is 0.214 e. The Hall–Kier alpha value is -0.170. The van der Waals surface area contributed by atoms with Crippen LogP contribution in [0.2, 0.25) is 0 Å². The van der Waals surface area contributed by atoms with Gasteiger partial charge >= 0.3 is 0 Å². The number of nitrogens with zero attached hydrogens (tertiary/aromatic N) is 2. The first kappa shape index (κ1) is 13.3. The predicted molar refractivity (Wildman–Crippen MR) is 68.5 cm³/mol. The molecule has 0 aliphatic carbocycles. The summed E-state index contributed by atoms with van der Waals surface area (Å²) in [5.41, 5.74) is 0. The summed E-state index contributed by atoms with van der Waals surface area (Å²) in [5.74, 6) is 0.625. The maximum atomic E-state index is 11.8. The lowest BCUT2D eigenvalue weighted by Gasteiger charge is -2.27. The minimum atomic E-state index is -2.94. The molecule has 0 saturated carbocycles. The number of sulfonamides is 1. The van der Waals surface area contributed by atoms with Crippen molar-refractivity contribution in [2.45, 2.75) is 13.3 Å². The number of hydrogen-bond donors (Lipinski definition) is 1. The van der Waals surface area contributed by atoms with E-state index in [2.05, 4.69) is 10.2 Å². The lowest BCUT2D eigenvalue weighted by Crippen LogP contribution is -2.44. The van der Waals surface area contributed by atoms with E-state index in [1.54, 1.807) is 4.31 Å². The Labute approximate surface area is 104 Å². The zero-order chi connectivity index (χ0) is 12.3. The van der Waals surface area contributed by atoms with Gasteiger partial charge in [0, 0.05) is 39.3 Å². The van der Waals surface area contributed by atoms with Crippen molar-refractivity contribution in [3.63, 3.8) is 0 Å². The second kappa shape index (κ2) is 5.65. The summed E-state index contributed by atoms with van der Waals surface area (Å²) in [5, 5.41) is 3.32. The summed E-state index contributed by atoms with van der Waals surface area (Å²) in [4.78, 5) is 2.41. The van der Waals surface area contributed by atoms with Gasteiger partial charge in [0.1, 0.15) is 0 Å². The summed E-state index contributed by atoms with van der Waals surface area (Å²) in [6.45, 7) is 8.71. The Bertz CT molecular complexity index is 339. The van der Waals surface area contributed by atoms with Crippen molar-refractivity contribution in [1.82, 2.24) is 14.5 Å². The summed E-state index contributed by atoms with van der Waals surface area (Å²) in [6, 6.07) is 0. The van der Waals surface area contributed by atoms with Crippen LogP contribution < -0.4 is 5.32 Å². The molecule has 6 heteroatoms. The Kier molecular flexibility index (Phi) is 4.41. The van der Waals surface area contributed by atoms with Gasteiger partial charge in [-0.15, -0.1) is 0 Å². The molecule has 2 fully saturated rings. The molecule has 2 saturated heterocycles. The van der Waals surface area contributed by atoms with Gasteiger partial charge < -0.3 is 10.2 Å². The molecule has 1 atom stereocenters. The minimum Gasteiger partial charge on any atom is -0.314 e. The molecule has 5 nitrogen and oxygen atoms in total. The van der Waals surface area contributed by atoms with Crippen molar-refractivity contribution in [1.29, 1.82) is 0 Å². The quantitative estimate of drug-likeness (QED) is 0.746. The highest BCUT2D eigenvalue weighted by molar-refractivity contribution is 7.89. The largest absolute Gasteiger partial charge is 0.314 e. The van der Waals surface area contributed by atoms with E-state index in [9.17, 15) is 8.42 Å². The van der Waals surface area contributed by atoms with Crippen molar-refractivity contribution in [2.75, 3.05) is 51.6 Å². The molecule has 0 spiro atoms. The molecule has 0 bridgehead atoms. The van der Waals surface area contributed by atoms with Crippen molar-refractivity contribution >= 4 is 10.0 Å². The van der Waals surface area contributed by atoms with Crippen LogP contribution in [0, 0.1) is 5.92 Å². The third-order valence-corrected chi connectivity index (χ3v) is 5.60. The number of rotatable bonds is 4. The van der Waals surface area contributed by atoms with Crippen LogP contribution in [0.4, 0.5) is 0 Å². The molecule has 100 valence electrons. The molecule has 2 heterocycles. The predicted octanol–water partition coefficient (Wildman–Crippen LogP) is -0.437. The van der Waals surface area contributed by atoms with Gasteiger partial charge in [0.25, 0.3) is 0 Å². The van der Waals surface area contributed by atoms with E-state index < -0.39 is 10.0 Å². The van der Waals surface area contributed by atoms with Crippen LogP contribution in [-0.2, 0) is 10.0 Å². The molecule has 0 aromatic rings. The van der Waals surface area contributed by atoms with E-state index in [1.807, 2.05) is 6.92 Å². The van der Waals surface area contributed by atoms with Crippen LogP contribution in [0.5, 0.6) is 0 Å². The molecule has 0 aromatic heterocycles. The standard InChI is InChI=1S/C11H23N3O2S/c1-11-9-14(17(15,16)10-11)6-2-5-13-7-3-12-4-8-13/h11-12H,2-10H2,1H3. The number of hydrogen-bond acceptors (Lipinski definition) is 4. The van der Waals surface area contributed by atoms with Crippen LogP contribution in [0.3, 0.4) is 0 Å². The third kappa shape index (κ3) is 3.64. The number of piperazine rings is 1. The molecule has 0 radical (unpaired) electrons. The number of nitrogens with one attached hydrogen (secondary N) is 1. The molecule has 17 heavy (non-hydrogen) atoms. The second-order valence-electron chi connectivity index (χ2n) is 5.19. The van der Waals surface area contributed by atoms with E-state index >= 15 is 0 Å². The maximum Gasteiger partial charge on any atom is 0.214 e. The van der Waals surface area contributed by atoms with E-state index in [-0.39, 0.29) is 0 Å². The summed E-state index contributed by atoms with van der Waals surface area (Å²) in [7, 11) is -2.94. The van der Waals surface area contributed by atoms with Crippen LogP contribution in [-0.4, -0.2) is 69.2 Å². The first-order valence-corrected chi connectivity index (χ1v) is 8.10. The SMILES string of the molecule is CC1CN(CCCN2CCNCC2)S(=O)(=O)C1. The van der Waals surface area contributed by atoms with Crippen LogP contribution in [0.15, 0.2) is 0 Å². The van der Waals surface area contributed by atoms with Gasteiger partial charge in [0.05, 0.1) is 5.75 Å². The van der Waals surface area contributed by atoms with Gasteiger partial charge in [0.15, 0.2) is 0 Å². The molecule has 2 aliphatic heterocycles. The lowest BCUT2D eigenvalue weighted by atomic mass is 10.2. The van der Waals surface area contributed by atoms with E-state index in [0.29, 0.717) is 24.8 Å². The Morgan fingerprint density at radius 3 is 2.53 bits per heavy atom. The maximum absolute atomic E-state index is 11.8. The molecule has 2 rings (SSSR count). The Morgan fingerprint density at radius 1 is 1.24 bits per heavy atom. The zero-order valence-electron chi connectivity index (χ0n) is 10.6. The fraction of sp³-hybridized carbons (Fsp3) is 1.00. The van der Waals surface area contributed by atoms with Gasteiger partial charge in [-0.05, 0) is 18.9 Å². The summed E-state index contributed by atoms with van der Waals surface area (Å²) < 4.78 is 25.2. The van der Waals surface area contributed by atoms with Gasteiger partial charge in [-0.25, -0.2) is 12.7 Å². The third-order valence-electron chi connectivity index (χ3n) is 3.50. The highest BCUT2D eigenvalue weighted by atomic mass is 32.2. The van der Waals surface area contributed by atoms with Crippen LogP contribution in [0.25, 0.3) is 0 Å².